The van der Waals surface area contributed by atoms with E-state index in [9.17, 15) is 18.0 Å². The van der Waals surface area contributed by atoms with Gasteiger partial charge in [0.2, 0.25) is 0 Å². The number of aromatic nitrogens is 2. The molecule has 5 aromatic rings. The van der Waals surface area contributed by atoms with Gasteiger partial charge in [-0.1, -0.05) is 54.6 Å². The third-order valence-electron chi connectivity index (χ3n) is 7.86. The number of nitrogens with zero attached hydrogens (tertiary/aromatic N) is 2. The smallest absolute Gasteiger partial charge is 0.435 e. The number of benzene rings is 4. The number of alkyl halides is 3. The van der Waals surface area contributed by atoms with Gasteiger partial charge in [-0.05, 0) is 77.7 Å². The number of ether oxygens (including phenoxy) is 1. The molecule has 4 aromatic carbocycles. The van der Waals surface area contributed by atoms with Crippen molar-refractivity contribution < 1.29 is 22.7 Å². The van der Waals surface area contributed by atoms with Crippen molar-refractivity contribution in [2.45, 2.75) is 31.6 Å². The van der Waals surface area contributed by atoms with Crippen molar-refractivity contribution in [3.05, 3.63) is 119 Å². The zero-order valence-corrected chi connectivity index (χ0v) is 24.1. The molecule has 0 spiro atoms. The Hall–Kier alpha value is -4.67. The van der Waals surface area contributed by atoms with Gasteiger partial charge in [0.05, 0.1) is 18.8 Å². The van der Waals surface area contributed by atoms with Crippen molar-refractivity contribution in [2.75, 3.05) is 19.0 Å². The molecular formula is C34H32F3N5O2. The van der Waals surface area contributed by atoms with E-state index in [4.69, 9.17) is 10.5 Å². The zero-order chi connectivity index (χ0) is 30.8. The summed E-state index contributed by atoms with van der Waals surface area (Å²) < 4.78 is 47.7. The third-order valence-corrected chi connectivity index (χ3v) is 7.86. The predicted molar refractivity (Wildman–Crippen MR) is 164 cm³/mol. The summed E-state index contributed by atoms with van der Waals surface area (Å²) in [4.78, 5) is 13.5. The second-order valence-electron chi connectivity index (χ2n) is 11.0. The lowest BCUT2D eigenvalue weighted by Crippen LogP contribution is -2.25. The minimum atomic E-state index is -4.73. The van der Waals surface area contributed by atoms with Gasteiger partial charge in [-0.3, -0.25) is 4.79 Å². The Morgan fingerprint density at radius 3 is 2.50 bits per heavy atom. The average molecular weight is 600 g/mol. The van der Waals surface area contributed by atoms with Gasteiger partial charge in [-0.15, -0.1) is 0 Å². The summed E-state index contributed by atoms with van der Waals surface area (Å²) in [6.45, 7) is 1.03. The number of nitrogens with two attached hydrogens (primary N) is 1. The third kappa shape index (κ3) is 6.17. The Morgan fingerprint density at radius 1 is 1.00 bits per heavy atom. The fourth-order valence-corrected chi connectivity index (χ4v) is 5.42. The fourth-order valence-electron chi connectivity index (χ4n) is 5.42. The van der Waals surface area contributed by atoms with Gasteiger partial charge < -0.3 is 21.1 Å². The number of rotatable bonds is 10. The van der Waals surface area contributed by atoms with Crippen LogP contribution in [-0.2, 0) is 12.7 Å². The van der Waals surface area contributed by atoms with E-state index in [-0.39, 0.29) is 18.3 Å². The van der Waals surface area contributed by atoms with Gasteiger partial charge in [0, 0.05) is 23.7 Å². The molecule has 7 nitrogen and oxygen atoms in total. The van der Waals surface area contributed by atoms with Gasteiger partial charge in [-0.25, -0.2) is 4.68 Å². The minimum absolute atomic E-state index is 0.189. The summed E-state index contributed by atoms with van der Waals surface area (Å²) in [5.74, 6) is 0.671. The number of hydrogen-bond donors (Lipinski definition) is 3. The normalized spacial score (nSPS) is 14.0. The van der Waals surface area contributed by atoms with Crippen LogP contribution in [0.1, 0.15) is 51.8 Å². The van der Waals surface area contributed by atoms with Crippen LogP contribution in [0.5, 0.6) is 5.75 Å². The molecule has 1 aliphatic carbocycles. The van der Waals surface area contributed by atoms with Crippen molar-refractivity contribution in [3.63, 3.8) is 0 Å². The topological polar surface area (TPSA) is 94.2 Å². The van der Waals surface area contributed by atoms with Gasteiger partial charge in [0.1, 0.15) is 11.4 Å². The van der Waals surface area contributed by atoms with Crippen LogP contribution in [0.4, 0.5) is 18.9 Å². The second kappa shape index (κ2) is 12.1. The van der Waals surface area contributed by atoms with E-state index in [1.807, 2.05) is 48.5 Å². The molecule has 1 unspecified atom stereocenters. The quantitative estimate of drug-likeness (QED) is 0.163. The lowest BCUT2D eigenvalue weighted by molar-refractivity contribution is -0.141. The molecular weight excluding hydrogens is 567 g/mol. The van der Waals surface area contributed by atoms with Crippen molar-refractivity contribution in [1.29, 1.82) is 0 Å². The minimum Gasteiger partial charge on any atom is -0.496 e. The number of halogens is 3. The average Bonchev–Trinajstić information content (AvgIpc) is 3.74. The van der Waals surface area contributed by atoms with Crippen LogP contribution in [0.15, 0.2) is 91.0 Å². The maximum Gasteiger partial charge on any atom is 0.435 e. The highest BCUT2D eigenvalue weighted by Gasteiger charge is 2.36. The van der Waals surface area contributed by atoms with Gasteiger partial charge in [0.25, 0.3) is 5.91 Å². The lowest BCUT2D eigenvalue weighted by Gasteiger charge is -2.23. The van der Waals surface area contributed by atoms with Gasteiger partial charge in [-0.2, -0.15) is 18.3 Å². The molecule has 44 heavy (non-hydrogen) atoms. The van der Waals surface area contributed by atoms with Crippen molar-refractivity contribution in [1.82, 2.24) is 15.1 Å². The molecule has 1 amide bonds. The molecule has 1 fully saturated rings. The van der Waals surface area contributed by atoms with Crippen molar-refractivity contribution >= 4 is 22.4 Å². The summed E-state index contributed by atoms with van der Waals surface area (Å²) in [7, 11) is 1.65. The zero-order valence-electron chi connectivity index (χ0n) is 24.1. The Balaban J connectivity index is 1.35. The molecule has 0 aliphatic heterocycles. The fraction of sp³-hybridized carbons (Fsp3) is 0.235. The molecule has 1 saturated carbocycles. The summed E-state index contributed by atoms with van der Waals surface area (Å²) >= 11 is 0. The summed E-state index contributed by atoms with van der Waals surface area (Å²) in [5.41, 5.74) is 7.73. The Bertz CT molecular complexity index is 1810. The molecule has 0 saturated heterocycles. The van der Waals surface area contributed by atoms with Crippen LogP contribution in [0, 0.1) is 5.92 Å². The molecule has 4 N–H and O–H groups in total. The molecule has 1 atom stereocenters. The molecule has 226 valence electrons. The number of fused-ring (bicyclic) bond motifs is 1. The van der Waals surface area contributed by atoms with E-state index in [0.717, 1.165) is 44.9 Å². The molecule has 0 bridgehead atoms. The van der Waals surface area contributed by atoms with Crippen LogP contribution in [0.25, 0.3) is 16.5 Å². The van der Waals surface area contributed by atoms with E-state index in [1.54, 1.807) is 37.4 Å². The molecule has 6 rings (SSSR count). The number of amides is 1. The first-order valence-electron chi connectivity index (χ1n) is 14.4. The summed E-state index contributed by atoms with van der Waals surface area (Å²) in [6.07, 6.45) is -2.37. The Kier molecular flexibility index (Phi) is 8.11. The molecule has 10 heteroatoms. The van der Waals surface area contributed by atoms with Gasteiger partial charge in [0.15, 0.2) is 5.69 Å². The second-order valence-corrected chi connectivity index (χ2v) is 11.0. The number of anilines is 1. The standard InChI is InChI=1S/C34H32F3N5O2/c1-44-30-15-14-28(26-10-2-3-11-27(26)30)32(39-20-21-12-13-21)23-7-5-8-24(17-23)40-33(43)29-18-31(34(35,36)37)41-42(29)25-9-4-6-22(16-25)19-38/h2-11,14-18,21,32,39H,12-13,19-20,38H2,1H3,(H,40,43). The number of nitrogens with one attached hydrogen (secondary N) is 2. The molecule has 1 aliphatic rings. The predicted octanol–water partition coefficient (Wildman–Crippen LogP) is 6.85. The highest BCUT2D eigenvalue weighted by atomic mass is 19.4. The van der Waals surface area contributed by atoms with Crippen LogP contribution in [0.2, 0.25) is 0 Å². The first kappa shape index (κ1) is 29.4. The first-order valence-corrected chi connectivity index (χ1v) is 14.4. The van der Waals surface area contributed by atoms with Crippen LogP contribution < -0.4 is 21.1 Å². The van der Waals surface area contributed by atoms with Crippen molar-refractivity contribution in [3.8, 4) is 11.4 Å². The maximum atomic E-state index is 13.7. The first-order chi connectivity index (χ1) is 21.2. The number of carbonyl (C=O) groups is 1. The number of hydrogen-bond acceptors (Lipinski definition) is 5. The maximum absolute atomic E-state index is 13.7. The van der Waals surface area contributed by atoms with E-state index in [1.165, 1.54) is 12.8 Å². The van der Waals surface area contributed by atoms with Crippen LogP contribution in [-0.4, -0.2) is 29.3 Å². The van der Waals surface area contributed by atoms with Crippen molar-refractivity contribution in [2.24, 2.45) is 11.7 Å². The Morgan fingerprint density at radius 2 is 1.77 bits per heavy atom. The van der Waals surface area contributed by atoms with Gasteiger partial charge >= 0.3 is 6.18 Å². The highest BCUT2D eigenvalue weighted by Crippen LogP contribution is 2.36. The SMILES string of the molecule is COc1ccc(C(NCC2CC2)c2cccc(NC(=O)c3cc(C(F)(F)F)nn3-c3cccc(CN)c3)c2)c2ccccc12. The summed E-state index contributed by atoms with van der Waals surface area (Å²) in [6, 6.07) is 26.6. The van der Waals surface area contributed by atoms with E-state index in [0.29, 0.717) is 22.9 Å². The van der Waals surface area contributed by atoms with E-state index in [2.05, 4.69) is 21.8 Å². The van der Waals surface area contributed by atoms with Crippen LogP contribution >= 0.6 is 0 Å². The largest absolute Gasteiger partial charge is 0.496 e. The molecule has 1 aromatic heterocycles. The van der Waals surface area contributed by atoms with E-state index >= 15 is 0 Å². The number of methoxy groups -OCH3 is 1. The number of carbonyl (C=O) groups excluding carboxylic acids is 1. The van der Waals surface area contributed by atoms with Crippen LogP contribution in [0.3, 0.4) is 0 Å². The highest BCUT2D eigenvalue weighted by molar-refractivity contribution is 6.03. The monoisotopic (exact) mass is 599 g/mol. The molecule has 0 radical (unpaired) electrons. The summed E-state index contributed by atoms with van der Waals surface area (Å²) in [5, 5.41) is 12.3. The lowest BCUT2D eigenvalue weighted by atomic mass is 9.92. The Labute approximate surface area is 252 Å². The van der Waals surface area contributed by atoms with E-state index < -0.39 is 17.8 Å². The molecule has 1 heterocycles.